The van der Waals surface area contributed by atoms with Crippen LogP contribution in [0.15, 0.2) is 34.5 Å². The quantitative estimate of drug-likeness (QED) is 0.671. The van der Waals surface area contributed by atoms with E-state index in [4.69, 9.17) is 4.74 Å². The van der Waals surface area contributed by atoms with Crippen LogP contribution in [0.2, 0.25) is 0 Å². The number of benzene rings is 1. The fraction of sp³-hybridized carbons (Fsp3) is 0.438. The zero-order valence-electron chi connectivity index (χ0n) is 12.3. The van der Waals surface area contributed by atoms with Gasteiger partial charge in [0.15, 0.2) is 5.17 Å². The molecule has 1 saturated carbocycles. The second-order valence-electron chi connectivity index (χ2n) is 5.40. The molecular formula is C16H19N3O2S. The first-order valence-electron chi connectivity index (χ1n) is 7.54. The lowest BCUT2D eigenvalue weighted by molar-refractivity contribution is -0.116. The lowest BCUT2D eigenvalue weighted by atomic mass is 10.1. The minimum atomic E-state index is -0.0238. The van der Waals surface area contributed by atoms with Gasteiger partial charge >= 0.3 is 0 Å². The van der Waals surface area contributed by atoms with Gasteiger partial charge in [-0.1, -0.05) is 48.9 Å². The van der Waals surface area contributed by atoms with Crippen LogP contribution in [0.4, 0.5) is 0 Å². The Kier molecular flexibility index (Phi) is 5.24. The van der Waals surface area contributed by atoms with Crippen LogP contribution in [-0.4, -0.2) is 29.1 Å². The van der Waals surface area contributed by atoms with Crippen LogP contribution in [-0.2, 0) is 16.1 Å². The summed E-state index contributed by atoms with van der Waals surface area (Å²) in [4.78, 5) is 11.1. The molecule has 0 bridgehead atoms. The lowest BCUT2D eigenvalue weighted by Crippen LogP contribution is -2.19. The standard InChI is InChI=1S/C16H19N3O2S/c20-15-11-22-16(18-15)19-17-9-12-5-1-2-6-13(12)10-21-14-7-3-4-8-14/h1-2,5-6,9,14H,3-4,7-8,10-11H2,(H,18,19,20). The fourth-order valence-electron chi connectivity index (χ4n) is 2.58. The SMILES string of the molecule is O=C1CSC(=NN=Cc2ccccc2COC2CCCC2)N1. The largest absolute Gasteiger partial charge is 0.374 e. The zero-order valence-corrected chi connectivity index (χ0v) is 13.1. The van der Waals surface area contributed by atoms with Gasteiger partial charge < -0.3 is 10.1 Å². The molecule has 1 aliphatic carbocycles. The van der Waals surface area contributed by atoms with E-state index in [1.54, 1.807) is 6.21 Å². The van der Waals surface area contributed by atoms with E-state index in [1.165, 1.54) is 37.4 Å². The molecule has 1 saturated heterocycles. The third kappa shape index (κ3) is 4.18. The molecule has 2 aliphatic rings. The third-order valence-corrected chi connectivity index (χ3v) is 4.63. The van der Waals surface area contributed by atoms with E-state index in [0.717, 1.165) is 11.1 Å². The minimum absolute atomic E-state index is 0.0238. The van der Waals surface area contributed by atoms with E-state index in [9.17, 15) is 4.79 Å². The van der Waals surface area contributed by atoms with Crippen molar-refractivity contribution < 1.29 is 9.53 Å². The summed E-state index contributed by atoms with van der Waals surface area (Å²) in [5.41, 5.74) is 2.11. The second kappa shape index (κ2) is 7.56. The molecule has 0 radical (unpaired) electrons. The number of rotatable bonds is 5. The first-order valence-corrected chi connectivity index (χ1v) is 8.53. The van der Waals surface area contributed by atoms with Crippen LogP contribution < -0.4 is 5.32 Å². The predicted molar refractivity (Wildman–Crippen MR) is 89.1 cm³/mol. The molecule has 0 aromatic heterocycles. The Balaban J connectivity index is 1.61. The van der Waals surface area contributed by atoms with Gasteiger partial charge in [-0.2, -0.15) is 5.10 Å². The van der Waals surface area contributed by atoms with E-state index in [2.05, 4.69) is 21.6 Å². The Morgan fingerprint density at radius 3 is 2.91 bits per heavy atom. The molecule has 3 rings (SSSR count). The Morgan fingerprint density at radius 2 is 2.14 bits per heavy atom. The predicted octanol–water partition coefficient (Wildman–Crippen LogP) is 2.70. The molecule has 2 fully saturated rings. The molecule has 1 aromatic carbocycles. The average molecular weight is 317 g/mol. The topological polar surface area (TPSA) is 63.0 Å². The number of nitrogens with one attached hydrogen (secondary N) is 1. The van der Waals surface area contributed by atoms with Gasteiger partial charge in [-0.3, -0.25) is 4.79 Å². The highest BCUT2D eigenvalue weighted by Crippen LogP contribution is 2.22. The summed E-state index contributed by atoms with van der Waals surface area (Å²) in [6.45, 7) is 0.606. The molecule has 1 aliphatic heterocycles. The van der Waals surface area contributed by atoms with Crippen LogP contribution in [0.1, 0.15) is 36.8 Å². The first-order chi connectivity index (χ1) is 10.8. The van der Waals surface area contributed by atoms with E-state index >= 15 is 0 Å². The van der Waals surface area contributed by atoms with E-state index in [0.29, 0.717) is 23.6 Å². The zero-order chi connectivity index (χ0) is 15.2. The maximum atomic E-state index is 11.1. The normalized spacial score (nSPS) is 21.1. The van der Waals surface area contributed by atoms with Gasteiger partial charge in [0, 0.05) is 5.56 Å². The molecule has 1 heterocycles. The molecule has 1 amide bonds. The number of amides is 1. The maximum Gasteiger partial charge on any atom is 0.236 e. The first kappa shape index (κ1) is 15.2. The molecule has 5 nitrogen and oxygen atoms in total. The van der Waals surface area contributed by atoms with Crippen LogP contribution in [0.5, 0.6) is 0 Å². The van der Waals surface area contributed by atoms with Crippen molar-refractivity contribution in [1.29, 1.82) is 0 Å². The van der Waals surface area contributed by atoms with Gasteiger partial charge in [-0.15, -0.1) is 5.10 Å². The van der Waals surface area contributed by atoms with Gasteiger partial charge in [0.25, 0.3) is 0 Å². The number of carbonyl (C=O) groups excluding carboxylic acids is 1. The molecule has 0 atom stereocenters. The highest BCUT2D eigenvalue weighted by atomic mass is 32.2. The highest BCUT2D eigenvalue weighted by molar-refractivity contribution is 8.15. The molecule has 1 N–H and O–H groups in total. The van der Waals surface area contributed by atoms with Crippen molar-refractivity contribution in [3.63, 3.8) is 0 Å². The van der Waals surface area contributed by atoms with Gasteiger partial charge in [0.05, 0.1) is 24.7 Å². The fourth-order valence-corrected chi connectivity index (χ4v) is 3.21. The summed E-state index contributed by atoms with van der Waals surface area (Å²) >= 11 is 1.37. The number of hydrogen-bond acceptors (Lipinski definition) is 5. The van der Waals surface area contributed by atoms with Crippen molar-refractivity contribution in [2.24, 2.45) is 10.2 Å². The Labute approximate surface area is 134 Å². The number of amidine groups is 1. The molecule has 0 unspecified atom stereocenters. The molecule has 1 aromatic rings. The van der Waals surface area contributed by atoms with E-state index in [-0.39, 0.29) is 5.91 Å². The number of ether oxygens (including phenoxy) is 1. The van der Waals surface area contributed by atoms with E-state index < -0.39 is 0 Å². The molecule has 116 valence electrons. The molecular weight excluding hydrogens is 298 g/mol. The molecule has 0 spiro atoms. The van der Waals surface area contributed by atoms with Crippen LogP contribution in [0.3, 0.4) is 0 Å². The van der Waals surface area contributed by atoms with Crippen LogP contribution in [0.25, 0.3) is 0 Å². The van der Waals surface area contributed by atoms with E-state index in [1.807, 2.05) is 18.2 Å². The summed E-state index contributed by atoms with van der Waals surface area (Å²) in [6.07, 6.45) is 6.99. The summed E-state index contributed by atoms with van der Waals surface area (Å²) in [5, 5.41) is 11.3. The third-order valence-electron chi connectivity index (χ3n) is 3.76. The van der Waals surface area contributed by atoms with Crippen molar-refractivity contribution in [1.82, 2.24) is 5.32 Å². The number of carbonyl (C=O) groups is 1. The lowest BCUT2D eigenvalue weighted by Gasteiger charge is -2.12. The van der Waals surface area contributed by atoms with Gasteiger partial charge in [0.1, 0.15) is 0 Å². The van der Waals surface area contributed by atoms with Crippen molar-refractivity contribution in [2.45, 2.75) is 38.4 Å². The molecule has 6 heteroatoms. The van der Waals surface area contributed by atoms with Gasteiger partial charge in [-0.25, -0.2) is 0 Å². The Morgan fingerprint density at radius 1 is 1.32 bits per heavy atom. The van der Waals surface area contributed by atoms with Crippen LogP contribution in [0, 0.1) is 0 Å². The van der Waals surface area contributed by atoms with Gasteiger partial charge in [0.2, 0.25) is 5.91 Å². The Bertz CT molecular complexity index is 595. The average Bonchev–Trinajstić information content (AvgIpc) is 3.18. The van der Waals surface area contributed by atoms with Gasteiger partial charge in [-0.05, 0) is 18.4 Å². The maximum absolute atomic E-state index is 11.1. The summed E-state index contributed by atoms with van der Waals surface area (Å²) < 4.78 is 5.96. The minimum Gasteiger partial charge on any atom is -0.374 e. The van der Waals surface area contributed by atoms with Crippen molar-refractivity contribution in [2.75, 3.05) is 5.75 Å². The number of hydrogen-bond donors (Lipinski definition) is 1. The Hall–Kier alpha value is -1.66. The monoisotopic (exact) mass is 317 g/mol. The van der Waals surface area contributed by atoms with Crippen molar-refractivity contribution in [3.05, 3.63) is 35.4 Å². The summed E-state index contributed by atoms with van der Waals surface area (Å²) in [7, 11) is 0. The summed E-state index contributed by atoms with van der Waals surface area (Å²) in [5.74, 6) is 0.393. The van der Waals surface area contributed by atoms with Crippen LogP contribution >= 0.6 is 11.8 Å². The summed E-state index contributed by atoms with van der Waals surface area (Å²) in [6, 6.07) is 8.02. The number of thioether (sulfide) groups is 1. The highest BCUT2D eigenvalue weighted by Gasteiger charge is 2.16. The second-order valence-corrected chi connectivity index (χ2v) is 6.37. The number of nitrogens with zero attached hydrogens (tertiary/aromatic N) is 2. The van der Waals surface area contributed by atoms with Crippen molar-refractivity contribution >= 4 is 29.1 Å². The smallest absolute Gasteiger partial charge is 0.236 e. The van der Waals surface area contributed by atoms with Crippen molar-refractivity contribution in [3.8, 4) is 0 Å². The molecule has 22 heavy (non-hydrogen) atoms.